The lowest BCUT2D eigenvalue weighted by atomic mass is 10.1. The second kappa shape index (κ2) is 4.49. The van der Waals surface area contributed by atoms with Crippen molar-refractivity contribution in [3.05, 3.63) is 0 Å². The molecule has 0 spiro atoms. The number of carbonyl (C=O) groups is 1. The number of amides is 1. The first-order valence-corrected chi connectivity index (χ1v) is 5.83. The van der Waals surface area contributed by atoms with Crippen LogP contribution in [0.5, 0.6) is 0 Å². The van der Waals surface area contributed by atoms with Crippen molar-refractivity contribution in [3.8, 4) is 0 Å². The molecular formula is C11H20N2O2. The smallest absolute Gasteiger partial charge is 0.222 e. The Morgan fingerprint density at radius 3 is 3.07 bits per heavy atom. The van der Waals surface area contributed by atoms with Gasteiger partial charge in [-0.3, -0.25) is 9.69 Å². The van der Waals surface area contributed by atoms with Gasteiger partial charge in [0, 0.05) is 45.2 Å². The van der Waals surface area contributed by atoms with Gasteiger partial charge >= 0.3 is 0 Å². The lowest BCUT2D eigenvalue weighted by Gasteiger charge is -2.38. The van der Waals surface area contributed by atoms with Crippen molar-refractivity contribution >= 4 is 5.91 Å². The fourth-order valence-corrected chi connectivity index (χ4v) is 2.59. The summed E-state index contributed by atoms with van der Waals surface area (Å²) in [7, 11) is 0. The Morgan fingerprint density at radius 2 is 2.33 bits per heavy atom. The summed E-state index contributed by atoms with van der Waals surface area (Å²) >= 11 is 0. The van der Waals surface area contributed by atoms with Crippen LogP contribution in [-0.4, -0.2) is 59.6 Å². The molecule has 1 N–H and O–H groups in total. The second-order valence-electron chi connectivity index (χ2n) is 4.83. The summed E-state index contributed by atoms with van der Waals surface area (Å²) in [5.41, 5.74) is 0. The van der Waals surface area contributed by atoms with Crippen LogP contribution in [0.15, 0.2) is 0 Å². The Bertz CT molecular complexity index is 245. The average molecular weight is 212 g/mol. The van der Waals surface area contributed by atoms with E-state index in [2.05, 4.69) is 11.8 Å². The van der Waals surface area contributed by atoms with Crippen molar-refractivity contribution in [2.45, 2.75) is 25.8 Å². The molecule has 0 radical (unpaired) electrons. The number of nitrogens with zero attached hydrogens (tertiary/aromatic N) is 2. The number of aliphatic hydroxyl groups is 1. The number of aliphatic hydroxyl groups excluding tert-OH is 1. The van der Waals surface area contributed by atoms with Crippen molar-refractivity contribution in [1.29, 1.82) is 0 Å². The summed E-state index contributed by atoms with van der Waals surface area (Å²) in [5, 5.41) is 9.00. The summed E-state index contributed by atoms with van der Waals surface area (Å²) in [6.07, 6.45) is 1.75. The molecule has 4 heteroatoms. The van der Waals surface area contributed by atoms with Gasteiger partial charge in [-0.25, -0.2) is 0 Å². The molecule has 0 bridgehead atoms. The molecule has 0 aromatic rings. The molecule has 0 aromatic carbocycles. The minimum atomic E-state index is 0.254. The van der Waals surface area contributed by atoms with Gasteiger partial charge < -0.3 is 10.0 Å². The van der Waals surface area contributed by atoms with Gasteiger partial charge in [-0.05, 0) is 12.3 Å². The van der Waals surface area contributed by atoms with Crippen LogP contribution in [0, 0.1) is 5.92 Å². The molecule has 15 heavy (non-hydrogen) atoms. The molecule has 2 fully saturated rings. The SMILES string of the molecule is CC(CO)CN1CCN2C(=O)CCC2C1. The molecule has 2 rings (SSSR count). The molecule has 2 aliphatic rings. The van der Waals surface area contributed by atoms with E-state index in [0.717, 1.165) is 39.0 Å². The number of rotatable bonds is 3. The van der Waals surface area contributed by atoms with E-state index in [4.69, 9.17) is 5.11 Å². The normalized spacial score (nSPS) is 29.3. The number of hydrogen-bond donors (Lipinski definition) is 1. The van der Waals surface area contributed by atoms with Crippen LogP contribution in [0.2, 0.25) is 0 Å². The van der Waals surface area contributed by atoms with Gasteiger partial charge in [-0.2, -0.15) is 0 Å². The van der Waals surface area contributed by atoms with Crippen molar-refractivity contribution in [2.24, 2.45) is 5.92 Å². The second-order valence-corrected chi connectivity index (χ2v) is 4.83. The van der Waals surface area contributed by atoms with Crippen molar-refractivity contribution in [2.75, 3.05) is 32.8 Å². The summed E-state index contributed by atoms with van der Waals surface area (Å²) in [4.78, 5) is 15.9. The first-order chi connectivity index (χ1) is 7.20. The highest BCUT2D eigenvalue weighted by Crippen LogP contribution is 2.23. The van der Waals surface area contributed by atoms with E-state index < -0.39 is 0 Å². The van der Waals surface area contributed by atoms with E-state index in [1.165, 1.54) is 0 Å². The summed E-state index contributed by atoms with van der Waals surface area (Å²) in [5.74, 6) is 0.670. The molecule has 2 unspecified atom stereocenters. The van der Waals surface area contributed by atoms with Crippen LogP contribution in [0.25, 0.3) is 0 Å². The Balaban J connectivity index is 1.85. The third-order valence-electron chi connectivity index (χ3n) is 3.46. The Hall–Kier alpha value is -0.610. The lowest BCUT2D eigenvalue weighted by molar-refractivity contribution is -0.130. The van der Waals surface area contributed by atoms with Crippen LogP contribution in [0.4, 0.5) is 0 Å². The molecule has 0 aliphatic carbocycles. The van der Waals surface area contributed by atoms with Gasteiger partial charge in [0.05, 0.1) is 0 Å². The number of carbonyl (C=O) groups excluding carboxylic acids is 1. The van der Waals surface area contributed by atoms with Crippen LogP contribution in [0.3, 0.4) is 0 Å². The van der Waals surface area contributed by atoms with Crippen LogP contribution < -0.4 is 0 Å². The standard InChI is InChI=1S/C11H20N2O2/c1-9(8-14)6-12-4-5-13-10(7-12)2-3-11(13)15/h9-10,14H,2-8H2,1H3. The molecule has 2 aliphatic heterocycles. The monoisotopic (exact) mass is 212 g/mol. The highest BCUT2D eigenvalue weighted by Gasteiger charge is 2.35. The fourth-order valence-electron chi connectivity index (χ4n) is 2.59. The first-order valence-electron chi connectivity index (χ1n) is 5.83. The van der Waals surface area contributed by atoms with E-state index in [1.807, 2.05) is 4.90 Å². The molecule has 2 atom stereocenters. The minimum Gasteiger partial charge on any atom is -0.396 e. The zero-order chi connectivity index (χ0) is 10.8. The maximum absolute atomic E-state index is 11.5. The van der Waals surface area contributed by atoms with Gasteiger partial charge in [0.1, 0.15) is 0 Å². The Morgan fingerprint density at radius 1 is 1.53 bits per heavy atom. The maximum Gasteiger partial charge on any atom is 0.222 e. The summed E-state index contributed by atoms with van der Waals surface area (Å²) < 4.78 is 0. The lowest BCUT2D eigenvalue weighted by Crippen LogP contribution is -2.52. The molecule has 0 saturated carbocycles. The zero-order valence-corrected chi connectivity index (χ0v) is 9.35. The Kier molecular flexibility index (Phi) is 3.26. The van der Waals surface area contributed by atoms with E-state index in [9.17, 15) is 4.79 Å². The fraction of sp³-hybridized carbons (Fsp3) is 0.909. The van der Waals surface area contributed by atoms with E-state index in [1.54, 1.807) is 0 Å². The van der Waals surface area contributed by atoms with Crippen LogP contribution in [0.1, 0.15) is 19.8 Å². The highest BCUT2D eigenvalue weighted by atomic mass is 16.3. The Labute approximate surface area is 90.9 Å². The van der Waals surface area contributed by atoms with Crippen LogP contribution >= 0.6 is 0 Å². The third kappa shape index (κ3) is 2.32. The number of piperazine rings is 1. The molecule has 4 nitrogen and oxygen atoms in total. The highest BCUT2D eigenvalue weighted by molar-refractivity contribution is 5.78. The van der Waals surface area contributed by atoms with E-state index in [0.29, 0.717) is 17.9 Å². The van der Waals surface area contributed by atoms with Gasteiger partial charge in [0.2, 0.25) is 5.91 Å². The summed E-state index contributed by atoms with van der Waals surface area (Å²) in [6, 6.07) is 0.442. The number of hydrogen-bond acceptors (Lipinski definition) is 3. The predicted molar refractivity (Wildman–Crippen MR) is 57.4 cm³/mol. The minimum absolute atomic E-state index is 0.254. The van der Waals surface area contributed by atoms with Gasteiger partial charge in [0.15, 0.2) is 0 Å². The van der Waals surface area contributed by atoms with Crippen molar-refractivity contribution in [3.63, 3.8) is 0 Å². The molecule has 2 saturated heterocycles. The first kappa shape index (κ1) is 10.9. The van der Waals surface area contributed by atoms with E-state index >= 15 is 0 Å². The molecule has 2 heterocycles. The quantitative estimate of drug-likeness (QED) is 0.711. The van der Waals surface area contributed by atoms with E-state index in [-0.39, 0.29) is 6.61 Å². The van der Waals surface area contributed by atoms with Gasteiger partial charge in [0.25, 0.3) is 0 Å². The summed E-state index contributed by atoms with van der Waals surface area (Å²) in [6.45, 7) is 6.11. The largest absolute Gasteiger partial charge is 0.396 e. The topological polar surface area (TPSA) is 43.8 Å². The van der Waals surface area contributed by atoms with Crippen molar-refractivity contribution in [1.82, 2.24) is 9.80 Å². The average Bonchev–Trinajstić information content (AvgIpc) is 2.60. The maximum atomic E-state index is 11.5. The predicted octanol–water partition coefficient (Wildman–Crippen LogP) is -0.0786. The van der Waals surface area contributed by atoms with Gasteiger partial charge in [-0.1, -0.05) is 6.92 Å². The molecular weight excluding hydrogens is 192 g/mol. The number of fused-ring (bicyclic) bond motifs is 1. The molecule has 1 amide bonds. The van der Waals surface area contributed by atoms with Crippen LogP contribution in [-0.2, 0) is 4.79 Å². The third-order valence-corrected chi connectivity index (χ3v) is 3.46. The molecule has 86 valence electrons. The van der Waals surface area contributed by atoms with Crippen molar-refractivity contribution < 1.29 is 9.90 Å². The zero-order valence-electron chi connectivity index (χ0n) is 9.35. The van der Waals surface area contributed by atoms with Gasteiger partial charge in [-0.15, -0.1) is 0 Å². The molecule has 0 aromatic heterocycles.